The lowest BCUT2D eigenvalue weighted by molar-refractivity contribution is 0.0394. The Morgan fingerprint density at radius 3 is 2.27 bits per heavy atom. The Hall–Kier alpha value is -0.200. The zero-order valence-electron chi connectivity index (χ0n) is 6.58. The van der Waals surface area contributed by atoms with Gasteiger partial charge in [0.2, 0.25) is 0 Å². The summed E-state index contributed by atoms with van der Waals surface area (Å²) in [7, 11) is 0. The fourth-order valence-corrected chi connectivity index (χ4v) is 0.523. The topological polar surface area (TPSA) is 76.7 Å². The van der Waals surface area contributed by atoms with Crippen molar-refractivity contribution in [3.05, 3.63) is 0 Å². The predicted octanol–water partition coefficient (Wildman–Crippen LogP) is -1.04. The second-order valence-electron chi connectivity index (χ2n) is 1.92. The van der Waals surface area contributed by atoms with Crippen LogP contribution in [0.3, 0.4) is 0 Å². The zero-order valence-corrected chi connectivity index (χ0v) is 6.58. The number of ether oxygens (including phenoxy) is 2. The average molecular weight is 164 g/mol. The largest absolute Gasteiger partial charge is 0.378 e. The fourth-order valence-electron chi connectivity index (χ4n) is 0.523. The van der Waals surface area contributed by atoms with Crippen molar-refractivity contribution in [2.45, 2.75) is 0 Å². The van der Waals surface area contributed by atoms with Gasteiger partial charge in [0.1, 0.15) is 0 Å². The standard InChI is InChI=1S/C6H16N2O3/c7-1-3-10-5-6-11-4-2-8-9/h8-9H,1-7H2. The second-order valence-corrected chi connectivity index (χ2v) is 1.92. The smallest absolute Gasteiger partial charge is 0.0701 e. The molecule has 0 atom stereocenters. The van der Waals surface area contributed by atoms with Crippen LogP contribution >= 0.6 is 0 Å². The van der Waals surface area contributed by atoms with Crippen LogP contribution < -0.4 is 11.2 Å². The Bertz CT molecular complexity index is 64.8. The van der Waals surface area contributed by atoms with Gasteiger partial charge in [-0.05, 0) is 0 Å². The van der Waals surface area contributed by atoms with E-state index in [2.05, 4.69) is 0 Å². The van der Waals surface area contributed by atoms with Gasteiger partial charge in [0.25, 0.3) is 0 Å². The molecule has 0 aromatic heterocycles. The first-order chi connectivity index (χ1) is 5.41. The van der Waals surface area contributed by atoms with Crippen molar-refractivity contribution in [1.82, 2.24) is 5.48 Å². The highest BCUT2D eigenvalue weighted by molar-refractivity contribution is 4.34. The van der Waals surface area contributed by atoms with Crippen molar-refractivity contribution in [2.24, 2.45) is 5.73 Å². The molecule has 5 heteroatoms. The molecule has 68 valence electrons. The summed E-state index contributed by atoms with van der Waals surface area (Å²) in [6, 6.07) is 0. The van der Waals surface area contributed by atoms with Gasteiger partial charge in [-0.25, -0.2) is 5.48 Å². The van der Waals surface area contributed by atoms with E-state index in [1.165, 1.54) is 0 Å². The molecule has 11 heavy (non-hydrogen) atoms. The summed E-state index contributed by atoms with van der Waals surface area (Å²) in [6.45, 7) is 3.14. The molecule has 0 amide bonds. The maximum atomic E-state index is 8.13. The molecule has 0 saturated heterocycles. The number of nitrogens with two attached hydrogens (primary N) is 1. The summed E-state index contributed by atoms with van der Waals surface area (Å²) < 4.78 is 10.1. The van der Waals surface area contributed by atoms with Crippen molar-refractivity contribution in [2.75, 3.05) is 39.5 Å². The molecule has 0 fully saturated rings. The van der Waals surface area contributed by atoms with Gasteiger partial charge in [0, 0.05) is 13.1 Å². The predicted molar refractivity (Wildman–Crippen MR) is 40.5 cm³/mol. The summed E-state index contributed by atoms with van der Waals surface area (Å²) in [5.41, 5.74) is 7.17. The molecule has 5 nitrogen and oxygen atoms in total. The molecule has 0 rings (SSSR count). The van der Waals surface area contributed by atoms with Crippen LogP contribution in [0.2, 0.25) is 0 Å². The van der Waals surface area contributed by atoms with Gasteiger partial charge in [-0.2, -0.15) is 0 Å². The molecule has 0 aliphatic rings. The summed E-state index contributed by atoms with van der Waals surface area (Å²) >= 11 is 0. The van der Waals surface area contributed by atoms with Crippen LogP contribution in [0.1, 0.15) is 0 Å². The van der Waals surface area contributed by atoms with Gasteiger partial charge >= 0.3 is 0 Å². The number of hydrogen-bond acceptors (Lipinski definition) is 5. The maximum absolute atomic E-state index is 8.13. The van der Waals surface area contributed by atoms with E-state index >= 15 is 0 Å². The van der Waals surface area contributed by atoms with Crippen LogP contribution in [0.4, 0.5) is 0 Å². The fraction of sp³-hybridized carbons (Fsp3) is 1.00. The highest BCUT2D eigenvalue weighted by Crippen LogP contribution is 1.76. The van der Waals surface area contributed by atoms with Gasteiger partial charge < -0.3 is 20.4 Å². The van der Waals surface area contributed by atoms with Crippen LogP contribution in [0.5, 0.6) is 0 Å². The molecule has 0 radical (unpaired) electrons. The molecule has 0 unspecified atom stereocenters. The minimum atomic E-state index is 0.441. The summed E-state index contributed by atoms with van der Waals surface area (Å²) in [4.78, 5) is 0. The van der Waals surface area contributed by atoms with E-state index in [0.717, 1.165) is 0 Å². The van der Waals surface area contributed by atoms with Crippen LogP contribution in [-0.4, -0.2) is 44.7 Å². The van der Waals surface area contributed by atoms with Gasteiger partial charge in [-0.15, -0.1) is 0 Å². The Labute approximate surface area is 66.4 Å². The Balaban J connectivity index is 2.69. The highest BCUT2D eigenvalue weighted by Gasteiger charge is 1.87. The van der Waals surface area contributed by atoms with E-state index in [0.29, 0.717) is 39.5 Å². The summed E-state index contributed by atoms with van der Waals surface area (Å²) in [6.07, 6.45) is 0. The lowest BCUT2D eigenvalue weighted by Crippen LogP contribution is -2.17. The Kier molecular flexibility index (Phi) is 9.62. The molecule has 0 saturated carbocycles. The van der Waals surface area contributed by atoms with E-state index < -0.39 is 0 Å². The number of hydrogen-bond donors (Lipinski definition) is 3. The maximum Gasteiger partial charge on any atom is 0.0701 e. The first-order valence-electron chi connectivity index (χ1n) is 3.64. The molecule has 0 aromatic carbocycles. The van der Waals surface area contributed by atoms with Crippen molar-refractivity contribution in [1.29, 1.82) is 0 Å². The third-order valence-electron chi connectivity index (χ3n) is 0.992. The Morgan fingerprint density at radius 2 is 1.73 bits per heavy atom. The van der Waals surface area contributed by atoms with E-state index in [1.54, 1.807) is 0 Å². The van der Waals surface area contributed by atoms with Gasteiger partial charge in [0.15, 0.2) is 0 Å². The van der Waals surface area contributed by atoms with Crippen LogP contribution in [0.15, 0.2) is 0 Å². The summed E-state index contributed by atoms with van der Waals surface area (Å²) in [5.74, 6) is 0. The molecular formula is C6H16N2O3. The molecule has 0 aliphatic heterocycles. The zero-order chi connectivity index (χ0) is 8.36. The minimum absolute atomic E-state index is 0.441. The minimum Gasteiger partial charge on any atom is -0.378 e. The molecule has 4 N–H and O–H groups in total. The number of hydroxylamine groups is 1. The third kappa shape index (κ3) is 9.80. The normalized spacial score (nSPS) is 10.4. The van der Waals surface area contributed by atoms with Crippen molar-refractivity contribution < 1.29 is 14.7 Å². The first-order valence-corrected chi connectivity index (χ1v) is 3.64. The third-order valence-corrected chi connectivity index (χ3v) is 0.992. The second kappa shape index (κ2) is 9.80. The molecule has 0 spiro atoms. The monoisotopic (exact) mass is 164 g/mol. The van der Waals surface area contributed by atoms with Gasteiger partial charge in [0.05, 0.1) is 26.4 Å². The van der Waals surface area contributed by atoms with E-state index in [-0.39, 0.29) is 0 Å². The molecular weight excluding hydrogens is 148 g/mol. The average Bonchev–Trinajstić information content (AvgIpc) is 2.03. The van der Waals surface area contributed by atoms with E-state index in [1.807, 2.05) is 5.48 Å². The van der Waals surface area contributed by atoms with E-state index in [4.69, 9.17) is 20.4 Å². The summed E-state index contributed by atoms with van der Waals surface area (Å²) in [5, 5.41) is 8.13. The Morgan fingerprint density at radius 1 is 1.09 bits per heavy atom. The van der Waals surface area contributed by atoms with E-state index in [9.17, 15) is 0 Å². The first kappa shape index (κ1) is 10.8. The van der Waals surface area contributed by atoms with Crippen LogP contribution in [-0.2, 0) is 9.47 Å². The lowest BCUT2D eigenvalue weighted by atomic mass is 10.7. The van der Waals surface area contributed by atoms with Crippen molar-refractivity contribution in [3.63, 3.8) is 0 Å². The van der Waals surface area contributed by atoms with Crippen LogP contribution in [0.25, 0.3) is 0 Å². The van der Waals surface area contributed by atoms with Crippen molar-refractivity contribution in [3.8, 4) is 0 Å². The number of rotatable bonds is 8. The molecule has 0 aliphatic carbocycles. The molecule has 0 aromatic rings. The quantitative estimate of drug-likeness (QED) is 0.315. The molecule has 0 bridgehead atoms. The van der Waals surface area contributed by atoms with Crippen molar-refractivity contribution >= 4 is 0 Å². The lowest BCUT2D eigenvalue weighted by Gasteiger charge is -2.03. The SMILES string of the molecule is NCCOCCOCCNO. The highest BCUT2D eigenvalue weighted by atomic mass is 16.5. The van der Waals surface area contributed by atoms with Gasteiger partial charge in [-0.1, -0.05) is 0 Å². The molecule has 0 heterocycles. The number of nitrogens with one attached hydrogen (secondary N) is 1. The van der Waals surface area contributed by atoms with Gasteiger partial charge in [-0.3, -0.25) is 0 Å². The van der Waals surface area contributed by atoms with Crippen LogP contribution in [0, 0.1) is 0 Å².